The fraction of sp³-hybridized carbons (Fsp3) is 1.00. The molecule has 0 bridgehead atoms. The molecule has 0 atom stereocenters. The first kappa shape index (κ1) is 22.4. The van der Waals surface area contributed by atoms with Gasteiger partial charge in [0.05, 0.1) is 0 Å². The van der Waals surface area contributed by atoms with Crippen LogP contribution < -0.4 is 5.73 Å². The highest BCUT2D eigenvalue weighted by atomic mass is 14.4. The molecule has 0 heterocycles. The minimum Gasteiger partial charge on any atom is -0.333 e. The van der Waals surface area contributed by atoms with Gasteiger partial charge in [0, 0.05) is 0 Å². The first-order valence-corrected chi connectivity index (χ1v) is 4.91. The molecule has 11 heavy (non-hydrogen) atoms. The van der Waals surface area contributed by atoms with Gasteiger partial charge in [0.15, 0.2) is 0 Å². The Morgan fingerprint density at radius 1 is 0.727 bits per heavy atom. The lowest BCUT2D eigenvalue weighted by atomic mass is 10.4. The van der Waals surface area contributed by atoms with E-state index in [4.69, 9.17) is 0 Å². The minimum atomic E-state index is 1.25. The SMILES string of the molecule is CC.CCC.CCCC.CN. The third-order valence-electron chi connectivity index (χ3n) is 0.500. The van der Waals surface area contributed by atoms with Gasteiger partial charge in [0.25, 0.3) is 0 Å². The highest BCUT2D eigenvalue weighted by molar-refractivity contribution is 4.12. The molecule has 0 aromatic rings. The van der Waals surface area contributed by atoms with Crippen molar-refractivity contribution in [3.8, 4) is 0 Å². The zero-order valence-electron chi connectivity index (χ0n) is 9.70. The van der Waals surface area contributed by atoms with Crippen molar-refractivity contribution in [3.05, 3.63) is 0 Å². The van der Waals surface area contributed by atoms with Gasteiger partial charge >= 0.3 is 0 Å². The van der Waals surface area contributed by atoms with Gasteiger partial charge in [0.1, 0.15) is 0 Å². The van der Waals surface area contributed by atoms with Gasteiger partial charge in [0.2, 0.25) is 0 Å². The number of nitrogens with two attached hydrogens (primary N) is 1. The molecule has 0 fully saturated rings. The van der Waals surface area contributed by atoms with Crippen molar-refractivity contribution in [3.63, 3.8) is 0 Å². The third kappa shape index (κ3) is 685. The van der Waals surface area contributed by atoms with Crippen molar-refractivity contribution in [1.29, 1.82) is 0 Å². The van der Waals surface area contributed by atoms with E-state index in [-0.39, 0.29) is 0 Å². The van der Waals surface area contributed by atoms with E-state index < -0.39 is 0 Å². The molecule has 1 heteroatoms. The molecule has 0 saturated heterocycles. The van der Waals surface area contributed by atoms with Gasteiger partial charge in [-0.05, 0) is 7.05 Å². The van der Waals surface area contributed by atoms with Crippen LogP contribution in [0.4, 0.5) is 0 Å². The summed E-state index contributed by atoms with van der Waals surface area (Å²) in [5.74, 6) is 0. The molecule has 0 spiro atoms. The number of unbranched alkanes of at least 4 members (excludes halogenated alkanes) is 1. The maximum absolute atomic E-state index is 4.50. The Kier molecular flexibility index (Phi) is 186. The Morgan fingerprint density at radius 3 is 0.818 bits per heavy atom. The summed E-state index contributed by atoms with van der Waals surface area (Å²) in [6.07, 6.45) is 3.89. The predicted octanol–water partition coefficient (Wildman–Crippen LogP) is 3.82. The number of rotatable bonds is 1. The third-order valence-corrected chi connectivity index (χ3v) is 0.500. The monoisotopic (exact) mass is 163 g/mol. The van der Waals surface area contributed by atoms with Gasteiger partial charge in [-0.2, -0.15) is 0 Å². The summed E-state index contributed by atoms with van der Waals surface area (Å²) in [6.45, 7) is 12.6. The van der Waals surface area contributed by atoms with Crippen molar-refractivity contribution in [1.82, 2.24) is 0 Å². The summed E-state index contributed by atoms with van der Waals surface area (Å²) in [5.41, 5.74) is 4.50. The molecule has 2 N–H and O–H groups in total. The summed E-state index contributed by atoms with van der Waals surface area (Å²) < 4.78 is 0. The molecule has 0 radical (unpaired) electrons. The van der Waals surface area contributed by atoms with Crippen molar-refractivity contribution in [2.24, 2.45) is 5.73 Å². The molecule has 0 saturated carbocycles. The number of hydrogen-bond donors (Lipinski definition) is 1. The van der Waals surface area contributed by atoms with Crippen LogP contribution in [0.5, 0.6) is 0 Å². The molecule has 0 aromatic heterocycles. The zero-order valence-corrected chi connectivity index (χ0v) is 9.70. The van der Waals surface area contributed by atoms with Crippen LogP contribution in [-0.4, -0.2) is 7.05 Å². The van der Waals surface area contributed by atoms with Gasteiger partial charge in [-0.25, -0.2) is 0 Å². The summed E-state index contributed by atoms with van der Waals surface area (Å²) in [5, 5.41) is 0. The highest BCUT2D eigenvalue weighted by Gasteiger charge is 1.56. The van der Waals surface area contributed by atoms with E-state index in [1.54, 1.807) is 0 Å². The fourth-order valence-corrected chi connectivity index (χ4v) is 0. The minimum absolute atomic E-state index is 1.25. The lowest BCUT2D eigenvalue weighted by Crippen LogP contribution is -1.69. The molecular weight excluding hydrogens is 134 g/mol. The van der Waals surface area contributed by atoms with E-state index >= 15 is 0 Å². The van der Waals surface area contributed by atoms with Gasteiger partial charge < -0.3 is 5.73 Å². The Morgan fingerprint density at radius 2 is 0.818 bits per heavy atom. The highest BCUT2D eigenvalue weighted by Crippen LogP contribution is 1.76. The average molecular weight is 163 g/mol. The molecule has 74 valence electrons. The molecule has 0 rings (SSSR count). The number of hydrogen-bond acceptors (Lipinski definition) is 1. The molecule has 0 aromatic carbocycles. The lowest BCUT2D eigenvalue weighted by Gasteiger charge is -1.68. The molecule has 0 unspecified atom stereocenters. The van der Waals surface area contributed by atoms with Crippen LogP contribution in [0.3, 0.4) is 0 Å². The molecule has 1 nitrogen and oxygen atoms in total. The van der Waals surface area contributed by atoms with Crippen molar-refractivity contribution >= 4 is 0 Å². The smallest absolute Gasteiger partial charge is 0.0195 e. The van der Waals surface area contributed by atoms with Crippen LogP contribution in [0.25, 0.3) is 0 Å². The fourth-order valence-electron chi connectivity index (χ4n) is 0. The van der Waals surface area contributed by atoms with Crippen molar-refractivity contribution < 1.29 is 0 Å². The largest absolute Gasteiger partial charge is 0.333 e. The first-order chi connectivity index (χ1) is 5.33. The molecule has 0 aliphatic carbocycles. The van der Waals surface area contributed by atoms with Gasteiger partial charge in [-0.3, -0.25) is 0 Å². The topological polar surface area (TPSA) is 26.0 Å². The Balaban J connectivity index is -0.0000000315. The summed E-state index contributed by atoms with van der Waals surface area (Å²) in [6, 6.07) is 0. The van der Waals surface area contributed by atoms with Crippen LogP contribution in [0.1, 0.15) is 60.8 Å². The van der Waals surface area contributed by atoms with Crippen LogP contribution in [0.15, 0.2) is 0 Å². The van der Waals surface area contributed by atoms with Crippen LogP contribution in [0.2, 0.25) is 0 Å². The van der Waals surface area contributed by atoms with Crippen LogP contribution >= 0.6 is 0 Å². The normalized spacial score (nSPS) is 5.45. The van der Waals surface area contributed by atoms with Crippen molar-refractivity contribution in [2.45, 2.75) is 60.8 Å². The first-order valence-electron chi connectivity index (χ1n) is 4.91. The van der Waals surface area contributed by atoms with Gasteiger partial charge in [-0.1, -0.05) is 60.8 Å². The molecule has 0 amide bonds. The second-order valence-electron chi connectivity index (χ2n) is 1.71. The summed E-state index contributed by atoms with van der Waals surface area (Å²) >= 11 is 0. The summed E-state index contributed by atoms with van der Waals surface area (Å²) in [7, 11) is 1.50. The van der Waals surface area contributed by atoms with Crippen LogP contribution in [0, 0.1) is 0 Å². The molecule has 0 aliphatic heterocycles. The quantitative estimate of drug-likeness (QED) is 0.625. The van der Waals surface area contributed by atoms with Gasteiger partial charge in [-0.15, -0.1) is 0 Å². The van der Waals surface area contributed by atoms with E-state index in [9.17, 15) is 0 Å². The second kappa shape index (κ2) is 91.3. The van der Waals surface area contributed by atoms with Crippen molar-refractivity contribution in [2.75, 3.05) is 7.05 Å². The maximum Gasteiger partial charge on any atom is -0.0195 e. The van der Waals surface area contributed by atoms with E-state index in [0.29, 0.717) is 0 Å². The Hall–Kier alpha value is -0.0400. The van der Waals surface area contributed by atoms with Crippen LogP contribution in [-0.2, 0) is 0 Å². The van der Waals surface area contributed by atoms with E-state index in [2.05, 4.69) is 33.4 Å². The zero-order chi connectivity index (χ0) is 10.1. The second-order valence-corrected chi connectivity index (χ2v) is 1.71. The standard InChI is InChI=1S/C4H10.C3H8.C2H6.CH5N/c1-3-4-2;1-3-2;2*1-2/h3-4H2,1-2H3;3H2,1-2H3;1-2H3;2H2,1H3. The Bertz CT molecular complexity index is 12.3. The predicted molar refractivity (Wildman–Crippen MR) is 58.0 cm³/mol. The summed E-state index contributed by atoms with van der Waals surface area (Å²) in [4.78, 5) is 0. The lowest BCUT2D eigenvalue weighted by molar-refractivity contribution is 0.886. The van der Waals surface area contributed by atoms with E-state index in [0.717, 1.165) is 0 Å². The molecule has 0 aliphatic rings. The maximum atomic E-state index is 4.50. The average Bonchev–Trinajstić information content (AvgIpc) is 2.12. The Labute approximate surface area is 74.4 Å². The molecular formula is C10H29N. The van der Waals surface area contributed by atoms with E-state index in [1.165, 1.54) is 26.3 Å². The van der Waals surface area contributed by atoms with E-state index in [1.807, 2.05) is 13.8 Å².